The molecule has 2 atom stereocenters. The summed E-state index contributed by atoms with van der Waals surface area (Å²) < 4.78 is 0. The molecule has 98 valence electrons. The van der Waals surface area contributed by atoms with Gasteiger partial charge in [-0.05, 0) is 37.1 Å². The van der Waals surface area contributed by atoms with Crippen molar-refractivity contribution in [2.24, 2.45) is 0 Å². The number of nitro groups is 1. The Morgan fingerprint density at radius 1 is 1.50 bits per heavy atom. The maximum absolute atomic E-state index is 11.0. The molecule has 1 aliphatic rings. The van der Waals surface area contributed by atoms with E-state index in [-0.39, 0.29) is 10.6 Å². The minimum atomic E-state index is -0.317. The zero-order chi connectivity index (χ0) is 13.1. The molecule has 2 rings (SSSR count). The highest BCUT2D eigenvalue weighted by atomic mass is 32.2. The number of benzene rings is 1. The first-order valence-electron chi connectivity index (χ1n) is 6.21. The third-order valence-corrected chi connectivity index (χ3v) is 4.68. The van der Waals surface area contributed by atoms with Gasteiger partial charge >= 0.3 is 0 Å². The molecule has 0 spiro atoms. The van der Waals surface area contributed by atoms with Gasteiger partial charge in [-0.2, -0.15) is 11.8 Å². The summed E-state index contributed by atoms with van der Waals surface area (Å²) in [5.41, 5.74) is 1.86. The number of hydrogen-bond acceptors (Lipinski definition) is 4. The molecule has 1 aromatic rings. The molecule has 1 aliphatic heterocycles. The number of nitrogens with zero attached hydrogens (tertiary/aromatic N) is 1. The van der Waals surface area contributed by atoms with Crippen LogP contribution in [-0.4, -0.2) is 22.0 Å². The van der Waals surface area contributed by atoms with Crippen molar-refractivity contribution in [1.82, 2.24) is 0 Å². The van der Waals surface area contributed by atoms with Crippen molar-refractivity contribution in [1.29, 1.82) is 0 Å². The average molecular weight is 266 g/mol. The molecule has 5 heteroatoms. The van der Waals surface area contributed by atoms with E-state index in [0.717, 1.165) is 12.0 Å². The van der Waals surface area contributed by atoms with Crippen LogP contribution in [0.3, 0.4) is 0 Å². The third kappa shape index (κ3) is 2.96. The van der Waals surface area contributed by atoms with E-state index in [1.54, 1.807) is 12.1 Å². The first-order chi connectivity index (χ1) is 8.58. The molecule has 0 aromatic heterocycles. The fraction of sp³-hybridized carbons (Fsp3) is 0.538. The Morgan fingerprint density at radius 3 is 2.94 bits per heavy atom. The van der Waals surface area contributed by atoms with Gasteiger partial charge in [0.25, 0.3) is 5.69 Å². The summed E-state index contributed by atoms with van der Waals surface area (Å²) in [4.78, 5) is 10.7. The van der Waals surface area contributed by atoms with Crippen LogP contribution in [0.15, 0.2) is 18.2 Å². The van der Waals surface area contributed by atoms with Gasteiger partial charge in [0.05, 0.1) is 4.92 Å². The summed E-state index contributed by atoms with van der Waals surface area (Å²) in [5.74, 6) is 1.19. The number of rotatable bonds is 3. The lowest BCUT2D eigenvalue weighted by atomic mass is 10.1. The molecular formula is C13H18N2O2S. The molecule has 18 heavy (non-hydrogen) atoms. The lowest BCUT2D eigenvalue weighted by molar-refractivity contribution is -0.384. The second-order valence-corrected chi connectivity index (χ2v) is 6.23. The summed E-state index contributed by atoms with van der Waals surface area (Å²) in [6.07, 6.45) is 2.26. The van der Waals surface area contributed by atoms with Crippen molar-refractivity contribution >= 4 is 23.1 Å². The molecule has 1 heterocycles. The number of nitrogens with one attached hydrogen (secondary N) is 1. The van der Waals surface area contributed by atoms with Crippen molar-refractivity contribution < 1.29 is 4.92 Å². The SMILES string of the molecule is Cc1ccc([N+](=O)[O-])c(NC2CCCSC2C)c1. The van der Waals surface area contributed by atoms with E-state index in [4.69, 9.17) is 0 Å². The fourth-order valence-corrected chi connectivity index (χ4v) is 3.38. The highest BCUT2D eigenvalue weighted by Crippen LogP contribution is 2.31. The van der Waals surface area contributed by atoms with Crippen molar-refractivity contribution in [3.8, 4) is 0 Å². The van der Waals surface area contributed by atoms with Crippen LogP contribution < -0.4 is 5.32 Å². The lowest BCUT2D eigenvalue weighted by Gasteiger charge is -2.29. The first-order valence-corrected chi connectivity index (χ1v) is 7.26. The standard InChI is InChI=1S/C13H18N2O2S/c1-9-5-6-13(15(16)17)12(8-9)14-11-4-3-7-18-10(11)2/h5-6,8,10-11,14H,3-4,7H2,1-2H3. The molecular weight excluding hydrogens is 248 g/mol. The van der Waals surface area contributed by atoms with Gasteiger partial charge < -0.3 is 5.32 Å². The molecule has 1 fully saturated rings. The van der Waals surface area contributed by atoms with Gasteiger partial charge in [-0.15, -0.1) is 0 Å². The van der Waals surface area contributed by atoms with Crippen molar-refractivity contribution in [3.05, 3.63) is 33.9 Å². The Bertz CT molecular complexity index is 451. The smallest absolute Gasteiger partial charge is 0.292 e. The zero-order valence-electron chi connectivity index (χ0n) is 10.7. The van der Waals surface area contributed by atoms with E-state index in [0.29, 0.717) is 17.0 Å². The van der Waals surface area contributed by atoms with Crippen LogP contribution in [0, 0.1) is 17.0 Å². The molecule has 0 aliphatic carbocycles. The molecule has 1 aromatic carbocycles. The van der Waals surface area contributed by atoms with Crippen molar-refractivity contribution in [2.45, 2.75) is 38.0 Å². The number of anilines is 1. The summed E-state index contributed by atoms with van der Waals surface area (Å²) in [6.45, 7) is 4.14. The van der Waals surface area contributed by atoms with Crippen LogP contribution in [0.25, 0.3) is 0 Å². The van der Waals surface area contributed by atoms with Crippen LogP contribution in [0.4, 0.5) is 11.4 Å². The average Bonchev–Trinajstić information content (AvgIpc) is 2.32. The van der Waals surface area contributed by atoms with Gasteiger partial charge in [-0.3, -0.25) is 10.1 Å². The van der Waals surface area contributed by atoms with E-state index in [9.17, 15) is 10.1 Å². The molecule has 1 N–H and O–H groups in total. The molecule has 0 radical (unpaired) electrons. The highest BCUT2D eigenvalue weighted by Gasteiger charge is 2.24. The highest BCUT2D eigenvalue weighted by molar-refractivity contribution is 8.00. The van der Waals surface area contributed by atoms with Crippen molar-refractivity contribution in [2.75, 3.05) is 11.1 Å². The van der Waals surface area contributed by atoms with Crippen LogP contribution in [-0.2, 0) is 0 Å². The Labute approximate surface area is 111 Å². The summed E-state index contributed by atoms with van der Waals surface area (Å²) >= 11 is 1.93. The van der Waals surface area contributed by atoms with E-state index in [1.807, 2.05) is 24.8 Å². The van der Waals surface area contributed by atoms with Crippen molar-refractivity contribution in [3.63, 3.8) is 0 Å². The first kappa shape index (κ1) is 13.2. The minimum absolute atomic E-state index is 0.170. The lowest BCUT2D eigenvalue weighted by Crippen LogP contribution is -2.33. The number of nitro benzene ring substituents is 1. The second-order valence-electron chi connectivity index (χ2n) is 4.75. The fourth-order valence-electron chi connectivity index (χ4n) is 2.24. The summed E-state index contributed by atoms with van der Waals surface area (Å²) in [6, 6.07) is 5.55. The molecule has 4 nitrogen and oxygen atoms in total. The van der Waals surface area contributed by atoms with Crippen LogP contribution in [0.1, 0.15) is 25.3 Å². The summed E-state index contributed by atoms with van der Waals surface area (Å²) in [7, 11) is 0. The van der Waals surface area contributed by atoms with Crippen LogP contribution in [0.5, 0.6) is 0 Å². The molecule has 2 unspecified atom stereocenters. The maximum Gasteiger partial charge on any atom is 0.292 e. The molecule has 1 saturated heterocycles. The maximum atomic E-state index is 11.0. The number of hydrogen-bond donors (Lipinski definition) is 1. The molecule has 0 saturated carbocycles. The van der Waals surface area contributed by atoms with E-state index in [2.05, 4.69) is 12.2 Å². The quantitative estimate of drug-likeness (QED) is 0.671. The van der Waals surface area contributed by atoms with Gasteiger partial charge in [0.1, 0.15) is 5.69 Å². The van der Waals surface area contributed by atoms with Gasteiger partial charge in [-0.25, -0.2) is 0 Å². The topological polar surface area (TPSA) is 55.2 Å². The second kappa shape index (κ2) is 5.61. The Balaban J connectivity index is 2.21. The summed E-state index contributed by atoms with van der Waals surface area (Å²) in [5, 5.41) is 14.9. The Hall–Kier alpha value is -1.23. The van der Waals surface area contributed by atoms with Crippen LogP contribution >= 0.6 is 11.8 Å². The normalized spacial score (nSPS) is 23.7. The third-order valence-electron chi connectivity index (χ3n) is 3.30. The number of aryl methyl sites for hydroxylation is 1. The van der Waals surface area contributed by atoms with E-state index in [1.165, 1.54) is 12.2 Å². The van der Waals surface area contributed by atoms with Gasteiger partial charge in [-0.1, -0.05) is 13.0 Å². The van der Waals surface area contributed by atoms with Gasteiger partial charge in [0, 0.05) is 17.4 Å². The Kier molecular flexibility index (Phi) is 4.11. The van der Waals surface area contributed by atoms with Gasteiger partial charge in [0.2, 0.25) is 0 Å². The van der Waals surface area contributed by atoms with Gasteiger partial charge in [0.15, 0.2) is 0 Å². The predicted octanol–water partition coefficient (Wildman–Crippen LogP) is 3.60. The monoisotopic (exact) mass is 266 g/mol. The predicted molar refractivity (Wildman–Crippen MR) is 76.4 cm³/mol. The number of thioether (sulfide) groups is 1. The zero-order valence-corrected chi connectivity index (χ0v) is 11.5. The Morgan fingerprint density at radius 2 is 2.28 bits per heavy atom. The van der Waals surface area contributed by atoms with E-state index < -0.39 is 0 Å². The van der Waals surface area contributed by atoms with Crippen LogP contribution in [0.2, 0.25) is 0 Å². The minimum Gasteiger partial charge on any atom is -0.376 e. The van der Waals surface area contributed by atoms with E-state index >= 15 is 0 Å². The largest absolute Gasteiger partial charge is 0.376 e. The molecule has 0 amide bonds. The molecule has 0 bridgehead atoms.